The van der Waals surface area contributed by atoms with Gasteiger partial charge in [0.15, 0.2) is 0 Å². The first-order valence-corrected chi connectivity index (χ1v) is 10.4. The van der Waals surface area contributed by atoms with Gasteiger partial charge < -0.3 is 21.1 Å². The Morgan fingerprint density at radius 2 is 1.93 bits per heavy atom. The molecular weight excluding hydrogens is 400 g/mol. The van der Waals surface area contributed by atoms with Crippen LogP contribution in [0.15, 0.2) is 48.5 Å². The third-order valence-corrected chi connectivity index (χ3v) is 5.30. The molecule has 3 aromatic rings. The van der Waals surface area contributed by atoms with E-state index in [9.17, 15) is 4.79 Å². The number of hydrogen-bond donors (Lipinski definition) is 3. The van der Waals surface area contributed by atoms with E-state index in [2.05, 4.69) is 25.6 Å². The van der Waals surface area contributed by atoms with Crippen molar-refractivity contribution in [3.8, 4) is 5.75 Å². The lowest BCUT2D eigenvalue weighted by molar-refractivity contribution is -0.113. The van der Waals surface area contributed by atoms with Crippen molar-refractivity contribution >= 4 is 40.9 Å². The number of hydrogen-bond acceptors (Lipinski definition) is 8. The quantitative estimate of drug-likeness (QED) is 0.498. The van der Waals surface area contributed by atoms with Crippen molar-refractivity contribution in [1.82, 2.24) is 15.0 Å². The number of nitrogens with one attached hydrogen (secondary N) is 2. The summed E-state index contributed by atoms with van der Waals surface area (Å²) in [4.78, 5) is 25.2. The van der Waals surface area contributed by atoms with Crippen LogP contribution in [-0.4, -0.2) is 33.7 Å². The molecule has 0 bridgehead atoms. The molecule has 2 aromatic carbocycles. The van der Waals surface area contributed by atoms with Crippen molar-refractivity contribution < 1.29 is 9.53 Å². The molecule has 0 radical (unpaired) electrons. The number of nitrogens with two attached hydrogens (primary N) is 1. The van der Waals surface area contributed by atoms with Crippen LogP contribution in [0.1, 0.15) is 23.6 Å². The van der Waals surface area contributed by atoms with Gasteiger partial charge in [-0.2, -0.15) is 15.0 Å². The molecule has 1 amide bonds. The number of ether oxygens (including phenoxy) is 1. The molecule has 1 aromatic heterocycles. The number of anilines is 4. The predicted molar refractivity (Wildman–Crippen MR) is 121 cm³/mol. The van der Waals surface area contributed by atoms with E-state index < -0.39 is 0 Å². The van der Waals surface area contributed by atoms with Crippen LogP contribution in [0.2, 0.25) is 0 Å². The SMILES string of the molecule is COc1ccc(C)cc1NC(=O)CSC(C)c1nc(N)nc(Nc2ccccc2)n1. The summed E-state index contributed by atoms with van der Waals surface area (Å²) < 4.78 is 5.30. The summed E-state index contributed by atoms with van der Waals surface area (Å²) in [5.41, 5.74) is 8.38. The minimum atomic E-state index is -0.156. The molecule has 8 nitrogen and oxygen atoms in total. The fourth-order valence-electron chi connectivity index (χ4n) is 2.68. The van der Waals surface area contributed by atoms with Gasteiger partial charge in [0.1, 0.15) is 11.6 Å². The van der Waals surface area contributed by atoms with Gasteiger partial charge in [-0.05, 0) is 43.7 Å². The summed E-state index contributed by atoms with van der Waals surface area (Å²) in [6.07, 6.45) is 0. The largest absolute Gasteiger partial charge is 0.495 e. The monoisotopic (exact) mass is 424 g/mol. The smallest absolute Gasteiger partial charge is 0.234 e. The van der Waals surface area contributed by atoms with Crippen LogP contribution < -0.4 is 21.1 Å². The molecule has 9 heteroatoms. The van der Waals surface area contributed by atoms with Crippen LogP contribution >= 0.6 is 11.8 Å². The molecule has 1 heterocycles. The van der Waals surface area contributed by atoms with Gasteiger partial charge in [-0.25, -0.2) is 0 Å². The molecule has 1 atom stereocenters. The van der Waals surface area contributed by atoms with Crippen LogP contribution in [0.3, 0.4) is 0 Å². The summed E-state index contributed by atoms with van der Waals surface area (Å²) in [5, 5.41) is 5.84. The van der Waals surface area contributed by atoms with Crippen molar-refractivity contribution in [2.24, 2.45) is 0 Å². The molecule has 3 rings (SSSR count). The Kier molecular flexibility index (Phi) is 7.08. The van der Waals surface area contributed by atoms with Crippen molar-refractivity contribution in [2.45, 2.75) is 19.1 Å². The van der Waals surface area contributed by atoms with Crippen molar-refractivity contribution in [3.05, 3.63) is 59.9 Å². The second-order valence-corrected chi connectivity index (χ2v) is 7.90. The number of aryl methyl sites for hydroxylation is 1. The first-order chi connectivity index (χ1) is 14.4. The third-order valence-electron chi connectivity index (χ3n) is 4.16. The van der Waals surface area contributed by atoms with Gasteiger partial charge in [-0.3, -0.25) is 4.79 Å². The van der Waals surface area contributed by atoms with Gasteiger partial charge in [0.25, 0.3) is 0 Å². The number of thioether (sulfide) groups is 1. The van der Waals surface area contributed by atoms with E-state index in [1.165, 1.54) is 11.8 Å². The molecule has 0 aliphatic carbocycles. The number of amides is 1. The first-order valence-electron chi connectivity index (χ1n) is 9.34. The summed E-state index contributed by atoms with van der Waals surface area (Å²) in [5.74, 6) is 1.71. The molecule has 1 unspecified atom stereocenters. The zero-order valence-electron chi connectivity index (χ0n) is 17.0. The molecule has 0 aliphatic heterocycles. The lowest BCUT2D eigenvalue weighted by Gasteiger charge is -2.13. The van der Waals surface area contributed by atoms with E-state index in [-0.39, 0.29) is 22.9 Å². The van der Waals surface area contributed by atoms with Gasteiger partial charge in [-0.1, -0.05) is 24.3 Å². The molecule has 0 spiro atoms. The van der Waals surface area contributed by atoms with E-state index in [4.69, 9.17) is 10.5 Å². The van der Waals surface area contributed by atoms with Crippen LogP contribution in [0, 0.1) is 6.92 Å². The summed E-state index contributed by atoms with van der Waals surface area (Å²) >= 11 is 1.41. The van der Waals surface area contributed by atoms with E-state index >= 15 is 0 Å². The fraction of sp³-hybridized carbons (Fsp3) is 0.238. The van der Waals surface area contributed by atoms with Gasteiger partial charge in [0.2, 0.25) is 17.8 Å². The molecule has 30 heavy (non-hydrogen) atoms. The maximum atomic E-state index is 12.4. The van der Waals surface area contributed by atoms with Gasteiger partial charge >= 0.3 is 0 Å². The lowest BCUT2D eigenvalue weighted by Crippen LogP contribution is -2.16. The Morgan fingerprint density at radius 1 is 1.17 bits per heavy atom. The van der Waals surface area contributed by atoms with E-state index in [1.54, 1.807) is 7.11 Å². The number of rotatable bonds is 8. The van der Waals surface area contributed by atoms with E-state index in [1.807, 2.05) is 62.4 Å². The normalized spacial score (nSPS) is 11.6. The minimum absolute atomic E-state index is 0.125. The van der Waals surface area contributed by atoms with Crippen LogP contribution in [0.5, 0.6) is 5.75 Å². The van der Waals surface area contributed by atoms with Crippen LogP contribution in [0.4, 0.5) is 23.3 Å². The number of nitrogen functional groups attached to an aromatic ring is 1. The predicted octanol–water partition coefficient (Wildman–Crippen LogP) is 3.95. The Bertz CT molecular complexity index is 1020. The maximum absolute atomic E-state index is 12.4. The van der Waals surface area contributed by atoms with Crippen molar-refractivity contribution in [2.75, 3.05) is 29.2 Å². The summed E-state index contributed by atoms with van der Waals surface area (Å²) in [7, 11) is 1.57. The number of nitrogens with zero attached hydrogens (tertiary/aromatic N) is 3. The summed E-state index contributed by atoms with van der Waals surface area (Å²) in [6.45, 7) is 3.88. The first kappa shape index (κ1) is 21.4. The Morgan fingerprint density at radius 3 is 2.67 bits per heavy atom. The Balaban J connectivity index is 1.62. The average molecular weight is 425 g/mol. The second-order valence-electron chi connectivity index (χ2n) is 6.57. The number of benzene rings is 2. The highest BCUT2D eigenvalue weighted by molar-refractivity contribution is 8.00. The second kappa shape index (κ2) is 9.93. The van der Waals surface area contributed by atoms with Gasteiger partial charge in [-0.15, -0.1) is 11.8 Å². The fourth-order valence-corrected chi connectivity index (χ4v) is 3.41. The Labute approximate surface area is 179 Å². The zero-order chi connectivity index (χ0) is 21.5. The van der Waals surface area contributed by atoms with Crippen LogP contribution in [-0.2, 0) is 4.79 Å². The Hall–Kier alpha value is -3.33. The molecule has 0 aliphatic rings. The highest BCUT2D eigenvalue weighted by Gasteiger charge is 2.16. The van der Waals surface area contributed by atoms with Crippen molar-refractivity contribution in [3.63, 3.8) is 0 Å². The van der Waals surface area contributed by atoms with E-state index in [0.717, 1.165) is 11.3 Å². The molecule has 0 fully saturated rings. The van der Waals surface area contributed by atoms with Gasteiger partial charge in [0, 0.05) is 5.69 Å². The zero-order valence-corrected chi connectivity index (χ0v) is 17.9. The molecular formula is C21H24N6O2S. The molecule has 0 saturated heterocycles. The lowest BCUT2D eigenvalue weighted by atomic mass is 10.2. The molecule has 156 valence electrons. The number of methoxy groups -OCH3 is 1. The topological polar surface area (TPSA) is 115 Å². The summed E-state index contributed by atoms with van der Waals surface area (Å²) in [6, 6.07) is 15.2. The molecule has 0 saturated carbocycles. The van der Waals surface area contributed by atoms with Crippen LogP contribution in [0.25, 0.3) is 0 Å². The van der Waals surface area contributed by atoms with Gasteiger partial charge in [0.05, 0.1) is 23.8 Å². The average Bonchev–Trinajstić information content (AvgIpc) is 2.72. The van der Waals surface area contributed by atoms with Crippen molar-refractivity contribution in [1.29, 1.82) is 0 Å². The standard InChI is InChI=1S/C21H24N6O2S/c1-13-9-10-17(29-3)16(11-13)24-18(28)12-30-14(2)19-25-20(22)27-21(26-19)23-15-7-5-4-6-8-15/h4-11,14H,12H2,1-3H3,(H,24,28)(H3,22,23,25,26,27). The molecule has 4 N–H and O–H groups in total. The third kappa shape index (κ3) is 5.84. The number of aromatic nitrogens is 3. The highest BCUT2D eigenvalue weighted by Crippen LogP contribution is 2.29. The number of carbonyl (C=O) groups excluding carboxylic acids is 1. The minimum Gasteiger partial charge on any atom is -0.495 e. The van der Waals surface area contributed by atoms with E-state index in [0.29, 0.717) is 23.2 Å². The number of carbonyl (C=O) groups is 1. The highest BCUT2D eigenvalue weighted by atomic mass is 32.2. The maximum Gasteiger partial charge on any atom is 0.234 e. The number of para-hydroxylation sites is 1.